The normalized spacial score (nSPS) is 10.1. The lowest BCUT2D eigenvalue weighted by Gasteiger charge is -2.02. The van der Waals surface area contributed by atoms with Gasteiger partial charge in [0, 0.05) is 18.0 Å². The van der Waals surface area contributed by atoms with E-state index in [1.165, 1.54) is 5.56 Å². The highest BCUT2D eigenvalue weighted by atomic mass is 35.5. The summed E-state index contributed by atoms with van der Waals surface area (Å²) in [5, 5.41) is 0.670. The van der Waals surface area contributed by atoms with E-state index in [2.05, 4.69) is 30.1 Å². The Morgan fingerprint density at radius 1 is 1.07 bits per heavy atom. The molecule has 1 nitrogen and oxygen atoms in total. The molecule has 0 aliphatic rings. The van der Waals surface area contributed by atoms with Crippen molar-refractivity contribution < 1.29 is 0 Å². The van der Waals surface area contributed by atoms with Gasteiger partial charge in [-0.2, -0.15) is 0 Å². The summed E-state index contributed by atoms with van der Waals surface area (Å²) in [6, 6.07) is 10.2. The van der Waals surface area contributed by atoms with Gasteiger partial charge in [-0.15, -0.1) is 0 Å². The molecule has 0 aliphatic carbocycles. The molecule has 0 aliphatic heterocycles. The molecule has 0 fully saturated rings. The van der Waals surface area contributed by atoms with Crippen LogP contribution in [0.5, 0.6) is 0 Å². The second kappa shape index (κ2) is 3.81. The quantitative estimate of drug-likeness (QED) is 0.689. The molecule has 0 saturated carbocycles. The van der Waals surface area contributed by atoms with Gasteiger partial charge in [0.15, 0.2) is 0 Å². The van der Waals surface area contributed by atoms with Crippen molar-refractivity contribution in [3.05, 3.63) is 53.3 Å². The molecule has 2 rings (SSSR count). The molecule has 0 radical (unpaired) electrons. The predicted molar refractivity (Wildman–Crippen MR) is 59.4 cm³/mol. The average molecular weight is 204 g/mol. The molecule has 2 aromatic rings. The lowest BCUT2D eigenvalue weighted by Crippen LogP contribution is -1.81. The zero-order valence-electron chi connectivity index (χ0n) is 7.87. The van der Waals surface area contributed by atoms with Gasteiger partial charge in [0.25, 0.3) is 0 Å². The van der Waals surface area contributed by atoms with Crippen LogP contribution in [0.15, 0.2) is 42.7 Å². The van der Waals surface area contributed by atoms with Gasteiger partial charge in [-0.3, -0.25) is 4.98 Å². The van der Waals surface area contributed by atoms with Gasteiger partial charge >= 0.3 is 0 Å². The fourth-order valence-electron chi connectivity index (χ4n) is 1.39. The smallest absolute Gasteiger partial charge is 0.0595 e. The maximum atomic E-state index is 5.87. The molecule has 0 atom stereocenters. The lowest BCUT2D eigenvalue weighted by molar-refractivity contribution is 1.33. The Balaban J connectivity index is 2.49. The third kappa shape index (κ3) is 1.94. The molecule has 0 unspecified atom stereocenters. The third-order valence-electron chi connectivity index (χ3n) is 2.06. The van der Waals surface area contributed by atoms with E-state index in [-0.39, 0.29) is 0 Å². The standard InChI is InChI=1S/C12H10ClN/c1-9-3-2-4-10(5-9)11-6-12(13)8-14-7-11/h2-8H,1H3. The van der Waals surface area contributed by atoms with E-state index in [1.807, 2.05) is 18.3 Å². The van der Waals surface area contributed by atoms with Crippen molar-refractivity contribution in [3.63, 3.8) is 0 Å². The topological polar surface area (TPSA) is 12.9 Å². The number of halogens is 1. The Labute approximate surface area is 88.4 Å². The van der Waals surface area contributed by atoms with Crippen LogP contribution in [-0.2, 0) is 0 Å². The van der Waals surface area contributed by atoms with Gasteiger partial charge in [-0.25, -0.2) is 0 Å². The minimum Gasteiger partial charge on any atom is -0.263 e. The van der Waals surface area contributed by atoms with Gasteiger partial charge in [-0.05, 0) is 18.6 Å². The maximum Gasteiger partial charge on any atom is 0.0595 e. The van der Waals surface area contributed by atoms with E-state index < -0.39 is 0 Å². The SMILES string of the molecule is Cc1cccc(-c2cncc(Cl)c2)c1. The van der Waals surface area contributed by atoms with Gasteiger partial charge < -0.3 is 0 Å². The molecule has 0 bridgehead atoms. The number of hydrogen-bond donors (Lipinski definition) is 0. The molecule has 2 heteroatoms. The van der Waals surface area contributed by atoms with Crippen LogP contribution in [0.1, 0.15) is 5.56 Å². The highest BCUT2D eigenvalue weighted by molar-refractivity contribution is 6.30. The Hall–Kier alpha value is -1.34. The zero-order valence-corrected chi connectivity index (χ0v) is 8.62. The molecule has 14 heavy (non-hydrogen) atoms. The molecule has 0 amide bonds. The number of aryl methyl sites for hydroxylation is 1. The molecule has 1 aromatic carbocycles. The first-order valence-corrected chi connectivity index (χ1v) is 4.81. The van der Waals surface area contributed by atoms with E-state index in [9.17, 15) is 0 Å². The predicted octanol–water partition coefficient (Wildman–Crippen LogP) is 3.71. The summed E-state index contributed by atoms with van der Waals surface area (Å²) < 4.78 is 0. The number of nitrogens with zero attached hydrogens (tertiary/aromatic N) is 1. The van der Waals surface area contributed by atoms with Gasteiger partial charge in [0.2, 0.25) is 0 Å². The number of pyridine rings is 1. The van der Waals surface area contributed by atoms with Gasteiger partial charge in [-0.1, -0.05) is 41.4 Å². The summed E-state index contributed by atoms with van der Waals surface area (Å²) in [7, 11) is 0. The molecule has 0 spiro atoms. The monoisotopic (exact) mass is 203 g/mol. The van der Waals surface area contributed by atoms with E-state index in [0.717, 1.165) is 11.1 Å². The second-order valence-corrected chi connectivity index (χ2v) is 3.70. The molecule has 70 valence electrons. The van der Waals surface area contributed by atoms with Crippen molar-refractivity contribution in [2.75, 3.05) is 0 Å². The minimum atomic E-state index is 0.670. The number of benzene rings is 1. The van der Waals surface area contributed by atoms with Crippen molar-refractivity contribution in [2.45, 2.75) is 6.92 Å². The van der Waals surface area contributed by atoms with Crippen molar-refractivity contribution >= 4 is 11.6 Å². The van der Waals surface area contributed by atoms with Crippen molar-refractivity contribution in [1.82, 2.24) is 4.98 Å². The third-order valence-corrected chi connectivity index (χ3v) is 2.26. The summed E-state index contributed by atoms with van der Waals surface area (Å²) in [6.07, 6.45) is 3.46. The minimum absolute atomic E-state index is 0.670. The Kier molecular flexibility index (Phi) is 2.51. The molecule has 0 N–H and O–H groups in total. The summed E-state index contributed by atoms with van der Waals surface area (Å²) >= 11 is 5.87. The lowest BCUT2D eigenvalue weighted by atomic mass is 10.1. The first-order valence-electron chi connectivity index (χ1n) is 4.43. The molecule has 1 aromatic heterocycles. The highest BCUT2D eigenvalue weighted by Crippen LogP contribution is 2.21. The van der Waals surface area contributed by atoms with E-state index in [0.29, 0.717) is 5.02 Å². The zero-order chi connectivity index (χ0) is 9.97. The van der Waals surface area contributed by atoms with Crippen molar-refractivity contribution in [2.24, 2.45) is 0 Å². The van der Waals surface area contributed by atoms with Crippen LogP contribution in [0.3, 0.4) is 0 Å². The van der Waals surface area contributed by atoms with Crippen LogP contribution in [0.25, 0.3) is 11.1 Å². The van der Waals surface area contributed by atoms with Crippen LogP contribution < -0.4 is 0 Å². The Bertz CT molecular complexity index is 408. The average Bonchev–Trinajstić information content (AvgIpc) is 2.18. The van der Waals surface area contributed by atoms with Gasteiger partial charge in [0.05, 0.1) is 5.02 Å². The highest BCUT2D eigenvalue weighted by Gasteiger charge is 1.98. The molecular formula is C12H10ClN. The second-order valence-electron chi connectivity index (χ2n) is 3.26. The summed E-state index contributed by atoms with van der Waals surface area (Å²) in [5.41, 5.74) is 3.45. The first-order chi connectivity index (χ1) is 6.75. The summed E-state index contributed by atoms with van der Waals surface area (Å²) in [5.74, 6) is 0. The van der Waals surface area contributed by atoms with E-state index in [4.69, 9.17) is 11.6 Å². The van der Waals surface area contributed by atoms with Crippen LogP contribution in [0, 0.1) is 6.92 Å². The number of hydrogen-bond acceptors (Lipinski definition) is 1. The van der Waals surface area contributed by atoms with Crippen LogP contribution in [0.2, 0.25) is 5.02 Å². The Morgan fingerprint density at radius 2 is 1.93 bits per heavy atom. The maximum absolute atomic E-state index is 5.87. The summed E-state index contributed by atoms with van der Waals surface area (Å²) in [4.78, 5) is 4.06. The first kappa shape index (κ1) is 9.22. The number of aromatic nitrogens is 1. The van der Waals surface area contributed by atoms with Crippen LogP contribution in [0.4, 0.5) is 0 Å². The fraction of sp³-hybridized carbons (Fsp3) is 0.0833. The summed E-state index contributed by atoms with van der Waals surface area (Å²) in [6.45, 7) is 2.07. The van der Waals surface area contributed by atoms with Crippen molar-refractivity contribution in [3.8, 4) is 11.1 Å². The van der Waals surface area contributed by atoms with Crippen molar-refractivity contribution in [1.29, 1.82) is 0 Å². The molecule has 0 saturated heterocycles. The van der Waals surface area contributed by atoms with Crippen LogP contribution >= 0.6 is 11.6 Å². The fourth-order valence-corrected chi connectivity index (χ4v) is 1.57. The molecular weight excluding hydrogens is 194 g/mol. The number of rotatable bonds is 1. The molecule has 1 heterocycles. The van der Waals surface area contributed by atoms with Gasteiger partial charge in [0.1, 0.15) is 0 Å². The van der Waals surface area contributed by atoms with Crippen LogP contribution in [-0.4, -0.2) is 4.98 Å². The Morgan fingerprint density at radius 3 is 2.64 bits per heavy atom. The largest absolute Gasteiger partial charge is 0.263 e. The van der Waals surface area contributed by atoms with E-state index >= 15 is 0 Å². The van der Waals surface area contributed by atoms with E-state index in [1.54, 1.807) is 6.20 Å².